The molecular formula is C18H18N2O3S. The van der Waals surface area contributed by atoms with Gasteiger partial charge in [0.25, 0.3) is 0 Å². The molecule has 1 unspecified atom stereocenters. The molecule has 0 amide bonds. The van der Waals surface area contributed by atoms with Crippen molar-refractivity contribution < 1.29 is 14.3 Å². The first-order chi connectivity index (χ1) is 11.5. The Morgan fingerprint density at radius 3 is 2.62 bits per heavy atom. The van der Waals surface area contributed by atoms with Crippen LogP contribution in [0.25, 0.3) is 10.2 Å². The number of ether oxygens (including phenoxy) is 1. The van der Waals surface area contributed by atoms with E-state index in [2.05, 4.69) is 10.3 Å². The molecule has 24 heavy (non-hydrogen) atoms. The summed E-state index contributed by atoms with van der Waals surface area (Å²) in [7, 11) is 1.35. The third kappa shape index (κ3) is 2.53. The van der Waals surface area contributed by atoms with Crippen LogP contribution in [0.5, 0.6) is 0 Å². The molecule has 5 nitrogen and oxygen atoms in total. The Morgan fingerprint density at radius 1 is 1.25 bits per heavy atom. The number of ketones is 1. The molecule has 1 aliphatic rings. The normalized spacial score (nSPS) is 17.9. The van der Waals surface area contributed by atoms with Gasteiger partial charge in [-0.15, -0.1) is 11.3 Å². The number of rotatable bonds is 3. The van der Waals surface area contributed by atoms with E-state index in [9.17, 15) is 9.59 Å². The van der Waals surface area contributed by atoms with E-state index >= 15 is 0 Å². The lowest BCUT2D eigenvalue weighted by atomic mass is 9.79. The molecule has 1 N–H and O–H groups in total. The number of pyridine rings is 1. The lowest BCUT2D eigenvalue weighted by molar-refractivity contribution is -0.136. The fourth-order valence-electron chi connectivity index (χ4n) is 3.24. The monoisotopic (exact) mass is 342 g/mol. The van der Waals surface area contributed by atoms with Crippen LogP contribution in [0.1, 0.15) is 32.3 Å². The molecule has 0 aliphatic carbocycles. The largest absolute Gasteiger partial charge is 0.466 e. The zero-order valence-corrected chi connectivity index (χ0v) is 14.8. The Labute approximate surface area is 144 Å². The van der Waals surface area contributed by atoms with Crippen LogP contribution < -0.4 is 5.32 Å². The van der Waals surface area contributed by atoms with Crippen molar-refractivity contribution in [3.63, 3.8) is 0 Å². The van der Waals surface area contributed by atoms with Crippen molar-refractivity contribution in [3.8, 4) is 0 Å². The Kier molecular flexibility index (Phi) is 4.24. The van der Waals surface area contributed by atoms with Crippen molar-refractivity contribution in [2.45, 2.75) is 26.7 Å². The molecule has 0 fully saturated rings. The average molecular weight is 342 g/mol. The van der Waals surface area contributed by atoms with Crippen molar-refractivity contribution >= 4 is 33.3 Å². The smallest absolute Gasteiger partial charge is 0.336 e. The molecule has 1 atom stereocenters. The van der Waals surface area contributed by atoms with E-state index in [0.717, 1.165) is 21.5 Å². The van der Waals surface area contributed by atoms with Gasteiger partial charge < -0.3 is 10.1 Å². The summed E-state index contributed by atoms with van der Waals surface area (Å²) in [6.07, 6.45) is 1.72. The van der Waals surface area contributed by atoms with Gasteiger partial charge >= 0.3 is 5.97 Å². The van der Waals surface area contributed by atoms with E-state index < -0.39 is 11.9 Å². The lowest BCUT2D eigenvalue weighted by Crippen LogP contribution is -2.30. The highest BCUT2D eigenvalue weighted by Gasteiger charge is 2.37. The molecule has 0 aromatic carbocycles. The molecule has 0 spiro atoms. The Hall–Kier alpha value is -2.47. The van der Waals surface area contributed by atoms with E-state index in [-0.39, 0.29) is 5.78 Å². The van der Waals surface area contributed by atoms with Gasteiger partial charge in [-0.05, 0) is 38.3 Å². The van der Waals surface area contributed by atoms with Gasteiger partial charge in [0.15, 0.2) is 5.78 Å². The highest BCUT2D eigenvalue weighted by atomic mass is 32.1. The third-order valence-corrected chi connectivity index (χ3v) is 5.17. The maximum Gasteiger partial charge on any atom is 0.336 e. The molecule has 0 bridgehead atoms. The van der Waals surface area contributed by atoms with Crippen LogP contribution in [-0.4, -0.2) is 23.8 Å². The fraction of sp³-hybridized carbons (Fsp3) is 0.278. The van der Waals surface area contributed by atoms with Crippen LogP contribution in [-0.2, 0) is 14.3 Å². The SMILES string of the molecule is COC(=O)C1=C(C)NC(C)=C(C(C)=O)C1c1csc2cccnc12. The number of carbonyl (C=O) groups is 2. The van der Waals surface area contributed by atoms with Gasteiger partial charge in [0, 0.05) is 28.7 Å². The summed E-state index contributed by atoms with van der Waals surface area (Å²) in [4.78, 5) is 29.2. The van der Waals surface area contributed by atoms with Crippen molar-refractivity contribution in [1.82, 2.24) is 10.3 Å². The maximum atomic E-state index is 12.4. The Bertz CT molecular complexity index is 908. The number of fused-ring (bicyclic) bond motifs is 1. The maximum absolute atomic E-state index is 12.4. The molecule has 0 saturated heterocycles. The average Bonchev–Trinajstić information content (AvgIpc) is 2.96. The minimum atomic E-state index is -0.472. The second-order valence-electron chi connectivity index (χ2n) is 5.72. The summed E-state index contributed by atoms with van der Waals surface area (Å²) in [5, 5.41) is 5.11. The van der Waals surface area contributed by atoms with Gasteiger partial charge in [0.05, 0.1) is 28.8 Å². The number of aromatic nitrogens is 1. The molecular weight excluding hydrogens is 324 g/mol. The third-order valence-electron chi connectivity index (χ3n) is 4.21. The zero-order valence-electron chi connectivity index (χ0n) is 14.0. The van der Waals surface area contributed by atoms with Gasteiger partial charge in [-0.1, -0.05) is 0 Å². The summed E-state index contributed by atoms with van der Waals surface area (Å²) in [5.41, 5.74) is 4.17. The van der Waals surface area contributed by atoms with Gasteiger partial charge in [-0.2, -0.15) is 0 Å². The number of nitrogens with one attached hydrogen (secondary N) is 1. The summed E-state index contributed by atoms with van der Waals surface area (Å²) in [6.45, 7) is 5.19. The van der Waals surface area contributed by atoms with E-state index in [1.54, 1.807) is 17.5 Å². The first kappa shape index (κ1) is 16.4. The number of hydrogen-bond acceptors (Lipinski definition) is 6. The number of hydrogen-bond donors (Lipinski definition) is 1. The van der Waals surface area contributed by atoms with Gasteiger partial charge in [0.2, 0.25) is 0 Å². The Balaban J connectivity index is 2.30. The minimum absolute atomic E-state index is 0.0748. The zero-order chi connectivity index (χ0) is 17.4. The number of nitrogens with zero attached hydrogens (tertiary/aromatic N) is 1. The summed E-state index contributed by atoms with van der Waals surface area (Å²) >= 11 is 1.55. The van der Waals surface area contributed by atoms with Crippen LogP contribution >= 0.6 is 11.3 Å². The number of Topliss-reactive ketones (excluding diaryl/α,β-unsaturated/α-hetero) is 1. The van der Waals surface area contributed by atoms with Crippen LogP contribution in [0.2, 0.25) is 0 Å². The molecule has 3 heterocycles. The quantitative estimate of drug-likeness (QED) is 0.867. The second kappa shape index (κ2) is 6.20. The topological polar surface area (TPSA) is 68.3 Å². The number of allylic oxidation sites excluding steroid dienone is 3. The van der Waals surface area contributed by atoms with Crippen LogP contribution in [0, 0.1) is 0 Å². The van der Waals surface area contributed by atoms with Gasteiger partial charge in [-0.3, -0.25) is 9.78 Å². The van der Waals surface area contributed by atoms with E-state index in [1.165, 1.54) is 14.0 Å². The van der Waals surface area contributed by atoms with Crippen molar-refractivity contribution in [2.24, 2.45) is 0 Å². The van der Waals surface area contributed by atoms with E-state index in [4.69, 9.17) is 4.74 Å². The molecule has 2 aromatic rings. The standard InChI is InChI=1S/C18H18N2O3S/c1-9-14(11(3)21)16(15(10(2)20-9)18(22)23-4)12-8-24-13-6-5-7-19-17(12)13/h5-8,16,20H,1-4H3. The summed E-state index contributed by atoms with van der Waals surface area (Å²) < 4.78 is 6.00. The molecule has 3 rings (SSSR count). The first-order valence-electron chi connectivity index (χ1n) is 7.55. The molecule has 124 valence electrons. The van der Waals surface area contributed by atoms with Crippen molar-refractivity contribution in [2.75, 3.05) is 7.11 Å². The van der Waals surface area contributed by atoms with Gasteiger partial charge in [-0.25, -0.2) is 4.79 Å². The minimum Gasteiger partial charge on any atom is -0.466 e. The molecule has 6 heteroatoms. The summed E-state index contributed by atoms with van der Waals surface area (Å²) in [6, 6.07) is 3.86. The number of esters is 1. The highest BCUT2D eigenvalue weighted by molar-refractivity contribution is 7.17. The van der Waals surface area contributed by atoms with Gasteiger partial charge in [0.1, 0.15) is 0 Å². The molecule has 2 aromatic heterocycles. The van der Waals surface area contributed by atoms with Crippen LogP contribution in [0.3, 0.4) is 0 Å². The van der Waals surface area contributed by atoms with Crippen LogP contribution in [0.4, 0.5) is 0 Å². The predicted octanol–water partition coefficient (Wildman–Crippen LogP) is 3.29. The predicted molar refractivity (Wildman–Crippen MR) is 93.6 cm³/mol. The summed E-state index contributed by atoms with van der Waals surface area (Å²) in [5.74, 6) is -0.986. The number of carbonyl (C=O) groups excluding carboxylic acids is 2. The number of thiophene rings is 1. The van der Waals surface area contributed by atoms with E-state index in [1.807, 2.05) is 31.4 Å². The van der Waals surface area contributed by atoms with Crippen molar-refractivity contribution in [3.05, 3.63) is 51.8 Å². The van der Waals surface area contributed by atoms with Crippen molar-refractivity contribution in [1.29, 1.82) is 0 Å². The highest BCUT2D eigenvalue weighted by Crippen LogP contribution is 2.42. The van der Waals surface area contributed by atoms with E-state index in [0.29, 0.717) is 16.8 Å². The van der Waals surface area contributed by atoms with Crippen LogP contribution in [0.15, 0.2) is 46.2 Å². The molecule has 0 radical (unpaired) electrons. The second-order valence-corrected chi connectivity index (χ2v) is 6.64. The lowest BCUT2D eigenvalue weighted by Gasteiger charge is -2.29. The fourth-order valence-corrected chi connectivity index (χ4v) is 4.18. The Morgan fingerprint density at radius 2 is 1.96 bits per heavy atom. The first-order valence-corrected chi connectivity index (χ1v) is 8.43. The molecule has 0 saturated carbocycles. The molecule has 1 aliphatic heterocycles. The number of methoxy groups -OCH3 is 1. The number of dihydropyridines is 1.